The zero-order chi connectivity index (χ0) is 19.2. The fraction of sp³-hybridized carbons (Fsp3) is 0.211. The van der Waals surface area contributed by atoms with Gasteiger partial charge in [0.2, 0.25) is 0 Å². The van der Waals surface area contributed by atoms with E-state index in [0.29, 0.717) is 11.5 Å². The molecule has 8 nitrogen and oxygen atoms in total. The average molecular weight is 364 g/mol. The Labute approximate surface area is 156 Å². The topological polar surface area (TPSA) is 94.3 Å². The Bertz CT molecular complexity index is 966. The predicted octanol–water partition coefficient (Wildman–Crippen LogP) is 2.20. The summed E-state index contributed by atoms with van der Waals surface area (Å²) in [6.07, 6.45) is 1.51. The number of hydrogen-bond donors (Lipinski definition) is 1. The van der Waals surface area contributed by atoms with Gasteiger partial charge in [-0.25, -0.2) is 10.1 Å². The third kappa shape index (κ3) is 4.75. The van der Waals surface area contributed by atoms with E-state index in [1.165, 1.54) is 6.33 Å². The van der Waals surface area contributed by atoms with Gasteiger partial charge >= 0.3 is 0 Å². The summed E-state index contributed by atoms with van der Waals surface area (Å²) in [5.74, 6) is 0.367. The number of tetrazole rings is 1. The number of benzene rings is 2. The Kier molecular flexibility index (Phi) is 5.55. The van der Waals surface area contributed by atoms with Gasteiger partial charge in [-0.3, -0.25) is 4.79 Å². The van der Waals surface area contributed by atoms with Crippen molar-refractivity contribution < 1.29 is 9.53 Å². The van der Waals surface area contributed by atoms with Crippen LogP contribution in [0.25, 0.3) is 5.69 Å². The molecule has 1 heterocycles. The molecule has 27 heavy (non-hydrogen) atoms. The summed E-state index contributed by atoms with van der Waals surface area (Å²) in [7, 11) is 0. The van der Waals surface area contributed by atoms with Gasteiger partial charge in [0.1, 0.15) is 12.1 Å². The van der Waals surface area contributed by atoms with Crippen molar-refractivity contribution in [1.82, 2.24) is 25.6 Å². The lowest BCUT2D eigenvalue weighted by Crippen LogP contribution is -2.25. The zero-order valence-electron chi connectivity index (χ0n) is 15.4. The van der Waals surface area contributed by atoms with Crippen molar-refractivity contribution in [2.24, 2.45) is 5.10 Å². The molecule has 1 amide bonds. The lowest BCUT2D eigenvalue weighted by molar-refractivity contribution is -0.123. The minimum Gasteiger partial charge on any atom is -0.483 e. The third-order valence-electron chi connectivity index (χ3n) is 3.93. The number of hydrazone groups is 1. The molecule has 0 unspecified atom stereocenters. The number of carbonyl (C=O) groups is 1. The van der Waals surface area contributed by atoms with Gasteiger partial charge in [0.15, 0.2) is 6.61 Å². The second-order valence-corrected chi connectivity index (χ2v) is 6.09. The first kappa shape index (κ1) is 18.2. The highest BCUT2D eigenvalue weighted by atomic mass is 16.5. The normalized spacial score (nSPS) is 11.3. The van der Waals surface area contributed by atoms with Crippen LogP contribution in [0.1, 0.15) is 23.6 Å². The van der Waals surface area contributed by atoms with Gasteiger partial charge in [0, 0.05) is 0 Å². The number of aromatic nitrogens is 4. The first-order valence-corrected chi connectivity index (χ1v) is 8.40. The fourth-order valence-corrected chi connectivity index (χ4v) is 2.40. The highest BCUT2D eigenvalue weighted by molar-refractivity contribution is 5.99. The summed E-state index contributed by atoms with van der Waals surface area (Å²) in [6.45, 7) is 5.62. The van der Waals surface area contributed by atoms with E-state index in [1.807, 2.05) is 63.2 Å². The quantitative estimate of drug-likeness (QED) is 0.534. The molecule has 0 saturated heterocycles. The number of ether oxygens (including phenoxy) is 1. The van der Waals surface area contributed by atoms with Crippen molar-refractivity contribution in [3.05, 3.63) is 65.5 Å². The Morgan fingerprint density at radius 2 is 2.07 bits per heavy atom. The van der Waals surface area contributed by atoms with E-state index < -0.39 is 0 Å². The summed E-state index contributed by atoms with van der Waals surface area (Å²) in [5.41, 5.74) is 6.88. The van der Waals surface area contributed by atoms with Crippen LogP contribution in [0.4, 0.5) is 0 Å². The molecule has 0 fully saturated rings. The van der Waals surface area contributed by atoms with Crippen molar-refractivity contribution in [3.8, 4) is 11.4 Å². The van der Waals surface area contributed by atoms with Crippen LogP contribution in [0.3, 0.4) is 0 Å². The number of carbonyl (C=O) groups excluding carboxylic acids is 1. The van der Waals surface area contributed by atoms with Crippen molar-refractivity contribution in [2.45, 2.75) is 20.8 Å². The molecular weight excluding hydrogens is 344 g/mol. The molecule has 1 N–H and O–H groups in total. The molecule has 3 rings (SSSR count). The maximum Gasteiger partial charge on any atom is 0.277 e. The van der Waals surface area contributed by atoms with E-state index in [9.17, 15) is 4.79 Å². The van der Waals surface area contributed by atoms with Crippen LogP contribution in [0.2, 0.25) is 0 Å². The van der Waals surface area contributed by atoms with E-state index in [1.54, 1.807) is 4.68 Å². The Morgan fingerprint density at radius 1 is 1.22 bits per heavy atom. The Hall–Kier alpha value is -3.55. The number of nitrogens with one attached hydrogen (secondary N) is 1. The van der Waals surface area contributed by atoms with Gasteiger partial charge in [-0.15, -0.1) is 5.10 Å². The van der Waals surface area contributed by atoms with Gasteiger partial charge in [0.05, 0.1) is 11.4 Å². The van der Waals surface area contributed by atoms with Crippen molar-refractivity contribution in [1.29, 1.82) is 0 Å². The van der Waals surface area contributed by atoms with Gasteiger partial charge in [-0.1, -0.05) is 24.3 Å². The summed E-state index contributed by atoms with van der Waals surface area (Å²) < 4.78 is 7.13. The van der Waals surface area contributed by atoms with Crippen molar-refractivity contribution in [3.63, 3.8) is 0 Å². The molecule has 1 aromatic heterocycles. The van der Waals surface area contributed by atoms with Crippen LogP contribution in [0, 0.1) is 13.8 Å². The summed E-state index contributed by atoms with van der Waals surface area (Å²) in [6, 6.07) is 13.4. The SMILES string of the molecule is C/C(=N\NC(=O)COc1cc(C)ccc1C)c1cccc(-n2cnnn2)c1. The predicted molar refractivity (Wildman–Crippen MR) is 101 cm³/mol. The molecule has 2 aromatic carbocycles. The van der Waals surface area contributed by atoms with Crippen LogP contribution in [-0.2, 0) is 4.79 Å². The van der Waals surface area contributed by atoms with Crippen molar-refractivity contribution in [2.75, 3.05) is 6.61 Å². The van der Waals surface area contributed by atoms with Crippen molar-refractivity contribution >= 4 is 11.6 Å². The van der Waals surface area contributed by atoms with Crippen LogP contribution in [0.5, 0.6) is 5.75 Å². The molecule has 0 spiro atoms. The highest BCUT2D eigenvalue weighted by Crippen LogP contribution is 2.18. The zero-order valence-corrected chi connectivity index (χ0v) is 15.4. The first-order valence-electron chi connectivity index (χ1n) is 8.40. The third-order valence-corrected chi connectivity index (χ3v) is 3.93. The molecule has 0 aliphatic carbocycles. The van der Waals surface area contributed by atoms with Gasteiger partial charge in [-0.05, 0) is 66.1 Å². The standard InChI is InChI=1S/C19H20N6O2/c1-13-7-8-14(2)18(9-13)27-11-19(26)22-21-15(3)16-5-4-6-17(10-16)25-12-20-23-24-25/h4-10,12H,11H2,1-3H3,(H,22,26)/b21-15+. The van der Waals surface area contributed by atoms with E-state index in [0.717, 1.165) is 22.4 Å². The largest absolute Gasteiger partial charge is 0.483 e. The summed E-state index contributed by atoms with van der Waals surface area (Å²) >= 11 is 0. The van der Waals surface area contributed by atoms with E-state index in [2.05, 4.69) is 26.1 Å². The molecule has 138 valence electrons. The maximum atomic E-state index is 12.0. The second-order valence-electron chi connectivity index (χ2n) is 6.09. The number of aryl methyl sites for hydroxylation is 2. The highest BCUT2D eigenvalue weighted by Gasteiger charge is 2.06. The monoisotopic (exact) mass is 364 g/mol. The van der Waals surface area contributed by atoms with E-state index in [4.69, 9.17) is 4.74 Å². The van der Waals surface area contributed by atoms with E-state index in [-0.39, 0.29) is 12.5 Å². The smallest absolute Gasteiger partial charge is 0.277 e. The molecular formula is C19H20N6O2. The first-order chi connectivity index (χ1) is 13.0. The Morgan fingerprint density at radius 3 is 2.85 bits per heavy atom. The van der Waals surface area contributed by atoms with Crippen LogP contribution >= 0.6 is 0 Å². The number of rotatable bonds is 6. The number of amides is 1. The molecule has 0 radical (unpaired) electrons. The van der Waals surface area contributed by atoms with E-state index >= 15 is 0 Å². The maximum absolute atomic E-state index is 12.0. The second kappa shape index (κ2) is 8.22. The molecule has 8 heteroatoms. The van der Waals surface area contributed by atoms with Crippen LogP contribution in [-0.4, -0.2) is 38.4 Å². The number of nitrogens with zero attached hydrogens (tertiary/aromatic N) is 5. The van der Waals surface area contributed by atoms with Crippen LogP contribution in [0.15, 0.2) is 53.9 Å². The molecule has 0 saturated carbocycles. The molecule has 0 bridgehead atoms. The minimum absolute atomic E-state index is 0.105. The lowest BCUT2D eigenvalue weighted by Gasteiger charge is -2.09. The summed E-state index contributed by atoms with van der Waals surface area (Å²) in [5, 5.41) is 15.2. The van der Waals surface area contributed by atoms with Gasteiger partial charge < -0.3 is 4.74 Å². The Balaban J connectivity index is 1.61. The molecule has 0 aliphatic rings. The van der Waals surface area contributed by atoms with Gasteiger partial charge in [-0.2, -0.15) is 5.10 Å². The molecule has 0 aliphatic heterocycles. The van der Waals surface area contributed by atoms with Crippen LogP contribution < -0.4 is 10.2 Å². The molecule has 0 atom stereocenters. The molecule has 3 aromatic rings. The van der Waals surface area contributed by atoms with Gasteiger partial charge in [0.25, 0.3) is 5.91 Å². The summed E-state index contributed by atoms with van der Waals surface area (Å²) in [4.78, 5) is 12.0. The fourth-order valence-electron chi connectivity index (χ4n) is 2.40. The number of hydrogen-bond acceptors (Lipinski definition) is 6. The average Bonchev–Trinajstić information content (AvgIpc) is 3.21. The lowest BCUT2D eigenvalue weighted by atomic mass is 10.1. The minimum atomic E-state index is -0.327.